The van der Waals surface area contributed by atoms with Crippen molar-refractivity contribution in [2.24, 2.45) is 0 Å². The number of halogens is 4. The lowest BCUT2D eigenvalue weighted by Gasteiger charge is -2.33. The smallest absolute Gasteiger partial charge is 0.354 e. The van der Waals surface area contributed by atoms with Crippen LogP contribution < -0.4 is 4.90 Å². The molecule has 23 heavy (non-hydrogen) atoms. The van der Waals surface area contributed by atoms with E-state index < -0.39 is 11.9 Å². The van der Waals surface area contributed by atoms with Gasteiger partial charge < -0.3 is 4.90 Å². The van der Waals surface area contributed by atoms with Crippen LogP contribution in [0.25, 0.3) is 0 Å². The fourth-order valence-electron chi connectivity index (χ4n) is 2.75. The standard InChI is InChI=1S/C14H15ClF3N5/c1-9-19-12(15)7-13(20-9)22-5-2-3-10(8-22)23-6-4-11(21-23)14(16,17)18/h4,6-7,10H,2-3,5,8H2,1H3. The molecule has 124 valence electrons. The average molecular weight is 346 g/mol. The molecule has 0 bridgehead atoms. The van der Waals surface area contributed by atoms with Crippen molar-refractivity contribution in [3.8, 4) is 0 Å². The first-order valence-electron chi connectivity index (χ1n) is 7.21. The molecule has 1 saturated heterocycles. The van der Waals surface area contributed by atoms with E-state index in [1.807, 2.05) is 4.90 Å². The highest BCUT2D eigenvalue weighted by Crippen LogP contribution is 2.30. The normalized spacial score (nSPS) is 19.2. The molecule has 0 aliphatic carbocycles. The molecule has 0 saturated carbocycles. The first-order chi connectivity index (χ1) is 10.8. The van der Waals surface area contributed by atoms with Crippen LogP contribution in [0.1, 0.15) is 30.4 Å². The van der Waals surface area contributed by atoms with Gasteiger partial charge in [0, 0.05) is 25.4 Å². The van der Waals surface area contributed by atoms with Crippen molar-refractivity contribution in [3.05, 3.63) is 35.0 Å². The molecule has 1 aliphatic heterocycles. The van der Waals surface area contributed by atoms with Crippen LogP contribution in [-0.2, 0) is 6.18 Å². The van der Waals surface area contributed by atoms with Gasteiger partial charge in [0.15, 0.2) is 5.69 Å². The average Bonchev–Trinajstić information content (AvgIpc) is 2.96. The Morgan fingerprint density at radius 2 is 2.09 bits per heavy atom. The van der Waals surface area contributed by atoms with Crippen LogP contribution in [-0.4, -0.2) is 32.8 Å². The summed E-state index contributed by atoms with van der Waals surface area (Å²) in [6.45, 7) is 3.06. The largest absolute Gasteiger partial charge is 0.435 e. The summed E-state index contributed by atoms with van der Waals surface area (Å²) in [5, 5.41) is 4.03. The van der Waals surface area contributed by atoms with E-state index in [0.29, 0.717) is 23.3 Å². The van der Waals surface area contributed by atoms with Gasteiger partial charge in [0.25, 0.3) is 0 Å². The Morgan fingerprint density at radius 1 is 1.30 bits per heavy atom. The number of aryl methyl sites for hydroxylation is 1. The van der Waals surface area contributed by atoms with Gasteiger partial charge in [-0.15, -0.1) is 0 Å². The van der Waals surface area contributed by atoms with Crippen LogP contribution in [0.5, 0.6) is 0 Å². The third kappa shape index (κ3) is 3.57. The highest BCUT2D eigenvalue weighted by atomic mass is 35.5. The molecule has 9 heteroatoms. The van der Waals surface area contributed by atoms with Gasteiger partial charge >= 0.3 is 6.18 Å². The van der Waals surface area contributed by atoms with Crippen molar-refractivity contribution in [2.75, 3.05) is 18.0 Å². The Bertz CT molecular complexity index is 680. The SMILES string of the molecule is Cc1nc(Cl)cc(N2CCCC(n3ccc(C(F)(F)F)n3)C2)n1. The molecule has 0 amide bonds. The van der Waals surface area contributed by atoms with Crippen LogP contribution in [0.3, 0.4) is 0 Å². The molecule has 1 fully saturated rings. The monoisotopic (exact) mass is 345 g/mol. The minimum absolute atomic E-state index is 0.131. The summed E-state index contributed by atoms with van der Waals surface area (Å²) in [5.74, 6) is 1.25. The molecule has 1 aliphatic rings. The van der Waals surface area contributed by atoms with Gasteiger partial charge in [-0.1, -0.05) is 11.6 Å². The maximum Gasteiger partial charge on any atom is 0.435 e. The molecular formula is C14H15ClF3N5. The molecule has 1 atom stereocenters. The number of nitrogens with zero attached hydrogens (tertiary/aromatic N) is 5. The van der Waals surface area contributed by atoms with Gasteiger partial charge in [-0.05, 0) is 25.8 Å². The molecule has 0 aromatic carbocycles. The van der Waals surface area contributed by atoms with Crippen molar-refractivity contribution in [1.29, 1.82) is 0 Å². The third-order valence-corrected chi connectivity index (χ3v) is 3.98. The quantitative estimate of drug-likeness (QED) is 0.782. The Morgan fingerprint density at radius 3 is 2.74 bits per heavy atom. The van der Waals surface area contributed by atoms with E-state index in [4.69, 9.17) is 11.6 Å². The molecule has 2 aromatic heterocycles. The van der Waals surface area contributed by atoms with Gasteiger partial charge in [0.2, 0.25) is 0 Å². The summed E-state index contributed by atoms with van der Waals surface area (Å²) in [4.78, 5) is 10.4. The first-order valence-corrected chi connectivity index (χ1v) is 7.59. The number of anilines is 1. The number of alkyl halides is 3. The highest BCUT2D eigenvalue weighted by molar-refractivity contribution is 6.29. The Labute approximate surface area is 136 Å². The van der Waals surface area contributed by atoms with E-state index in [-0.39, 0.29) is 6.04 Å². The summed E-state index contributed by atoms with van der Waals surface area (Å²) < 4.78 is 39.4. The van der Waals surface area contributed by atoms with Gasteiger partial charge in [-0.2, -0.15) is 18.3 Å². The number of hydrogen-bond donors (Lipinski definition) is 0. The molecular weight excluding hydrogens is 331 g/mol. The van der Waals surface area contributed by atoms with Gasteiger partial charge in [-0.25, -0.2) is 9.97 Å². The van der Waals surface area contributed by atoms with E-state index in [1.165, 1.54) is 10.9 Å². The fraction of sp³-hybridized carbons (Fsp3) is 0.500. The predicted molar refractivity (Wildman–Crippen MR) is 79.5 cm³/mol. The zero-order valence-corrected chi connectivity index (χ0v) is 13.1. The van der Waals surface area contributed by atoms with Crippen LogP contribution in [0.4, 0.5) is 19.0 Å². The molecule has 0 radical (unpaired) electrons. The lowest BCUT2D eigenvalue weighted by Crippen LogP contribution is -2.37. The van der Waals surface area contributed by atoms with Crippen LogP contribution in [0.15, 0.2) is 18.3 Å². The summed E-state index contributed by atoms with van der Waals surface area (Å²) in [6.07, 6.45) is -1.42. The second-order valence-corrected chi connectivity index (χ2v) is 5.90. The molecule has 1 unspecified atom stereocenters. The summed E-state index contributed by atoms with van der Waals surface area (Å²) in [6, 6.07) is 2.54. The fourth-order valence-corrected chi connectivity index (χ4v) is 2.97. The molecule has 0 N–H and O–H groups in total. The van der Waals surface area contributed by atoms with Gasteiger partial charge in [0.05, 0.1) is 6.04 Å². The number of rotatable bonds is 2. The minimum Gasteiger partial charge on any atom is -0.354 e. The highest BCUT2D eigenvalue weighted by Gasteiger charge is 2.34. The van der Waals surface area contributed by atoms with Gasteiger partial charge in [-0.3, -0.25) is 4.68 Å². The molecule has 0 spiro atoms. The van der Waals surface area contributed by atoms with Crippen LogP contribution in [0, 0.1) is 6.92 Å². The summed E-state index contributed by atoms with van der Waals surface area (Å²) in [5.41, 5.74) is -0.865. The first kappa shape index (κ1) is 16.0. The second kappa shape index (κ2) is 5.99. The van der Waals surface area contributed by atoms with Gasteiger partial charge in [0.1, 0.15) is 16.8 Å². The van der Waals surface area contributed by atoms with E-state index in [9.17, 15) is 13.2 Å². The molecule has 3 heterocycles. The number of hydrogen-bond acceptors (Lipinski definition) is 4. The van der Waals surface area contributed by atoms with E-state index in [2.05, 4.69) is 15.1 Å². The molecule has 3 rings (SSSR count). The summed E-state index contributed by atoms with van der Waals surface area (Å²) >= 11 is 5.96. The van der Waals surface area contributed by atoms with Crippen LogP contribution >= 0.6 is 11.6 Å². The minimum atomic E-state index is -4.42. The van der Waals surface area contributed by atoms with Crippen LogP contribution in [0.2, 0.25) is 5.15 Å². The maximum absolute atomic E-state index is 12.7. The Hall–Kier alpha value is -1.83. The van der Waals surface area contributed by atoms with Crippen molar-refractivity contribution < 1.29 is 13.2 Å². The van der Waals surface area contributed by atoms with E-state index >= 15 is 0 Å². The zero-order chi connectivity index (χ0) is 16.6. The summed E-state index contributed by atoms with van der Waals surface area (Å²) in [7, 11) is 0. The number of piperidine rings is 1. The Balaban J connectivity index is 1.79. The lowest BCUT2D eigenvalue weighted by molar-refractivity contribution is -0.141. The topological polar surface area (TPSA) is 46.8 Å². The number of aromatic nitrogens is 4. The van der Waals surface area contributed by atoms with Crippen molar-refractivity contribution in [3.63, 3.8) is 0 Å². The molecule has 2 aromatic rings. The van der Waals surface area contributed by atoms with E-state index in [1.54, 1.807) is 13.0 Å². The third-order valence-electron chi connectivity index (χ3n) is 3.79. The molecule has 5 nitrogen and oxygen atoms in total. The van der Waals surface area contributed by atoms with Crippen molar-refractivity contribution >= 4 is 17.4 Å². The lowest BCUT2D eigenvalue weighted by atomic mass is 10.1. The van der Waals surface area contributed by atoms with E-state index in [0.717, 1.165) is 25.5 Å². The van der Waals surface area contributed by atoms with Crippen molar-refractivity contribution in [2.45, 2.75) is 32.0 Å². The second-order valence-electron chi connectivity index (χ2n) is 5.52. The zero-order valence-electron chi connectivity index (χ0n) is 12.4. The Kier molecular flexibility index (Phi) is 4.18. The maximum atomic E-state index is 12.7. The van der Waals surface area contributed by atoms with Crippen molar-refractivity contribution in [1.82, 2.24) is 19.7 Å². The predicted octanol–water partition coefficient (Wildman–Crippen LogP) is 3.50.